The molecular weight excluding hydrogens is 248 g/mol. The summed E-state index contributed by atoms with van der Waals surface area (Å²) in [7, 11) is 0. The zero-order chi connectivity index (χ0) is 12.5. The Labute approximate surface area is 110 Å². The molecule has 1 aliphatic rings. The number of hydrogen-bond acceptors (Lipinski definition) is 4. The molecule has 1 aromatic heterocycles. The van der Waals surface area contributed by atoms with Gasteiger partial charge < -0.3 is 9.47 Å². The van der Waals surface area contributed by atoms with E-state index in [-0.39, 0.29) is 5.91 Å². The van der Waals surface area contributed by atoms with Crippen LogP contribution in [0.4, 0.5) is 0 Å². The van der Waals surface area contributed by atoms with Crippen molar-refractivity contribution in [2.45, 2.75) is 18.0 Å². The molecule has 0 bridgehead atoms. The Hall–Kier alpha value is -1.82. The average molecular weight is 260 g/mol. The van der Waals surface area contributed by atoms with Gasteiger partial charge in [-0.25, -0.2) is 0 Å². The van der Waals surface area contributed by atoms with Crippen LogP contribution in [0, 0.1) is 0 Å². The van der Waals surface area contributed by atoms with Gasteiger partial charge in [0.1, 0.15) is 6.33 Å². The van der Waals surface area contributed by atoms with Crippen LogP contribution in [-0.2, 0) is 13.1 Å². The van der Waals surface area contributed by atoms with E-state index < -0.39 is 0 Å². The molecule has 0 aliphatic carbocycles. The molecule has 1 aromatic carbocycles. The third-order valence-electron chi connectivity index (χ3n) is 3.04. The second-order valence-corrected chi connectivity index (χ2v) is 4.73. The molecule has 2 heterocycles. The van der Waals surface area contributed by atoms with Crippen molar-refractivity contribution in [3.63, 3.8) is 0 Å². The fraction of sp³-hybridized carbons (Fsp3) is 0.250. The Bertz CT molecular complexity index is 578. The molecule has 92 valence electrons. The zero-order valence-corrected chi connectivity index (χ0v) is 10.5. The van der Waals surface area contributed by atoms with Crippen LogP contribution in [0.15, 0.2) is 35.5 Å². The van der Waals surface area contributed by atoms with Crippen molar-refractivity contribution in [2.75, 3.05) is 6.54 Å². The predicted molar refractivity (Wildman–Crippen MR) is 68.5 cm³/mol. The largest absolute Gasteiger partial charge is 0.329 e. The van der Waals surface area contributed by atoms with Gasteiger partial charge in [0.25, 0.3) is 5.91 Å². The standard InChI is InChI=1S/C12H12N4OS/c17-12(9-1-3-10(18)4-2-9)15-5-6-16-8-13-14-11(16)7-15/h1-4,8,18H,5-7H2. The predicted octanol–water partition coefficient (Wildman–Crippen LogP) is 1.22. The molecule has 0 unspecified atom stereocenters. The van der Waals surface area contributed by atoms with Crippen LogP contribution < -0.4 is 0 Å². The van der Waals surface area contributed by atoms with Crippen molar-refractivity contribution in [3.8, 4) is 0 Å². The van der Waals surface area contributed by atoms with Gasteiger partial charge in [0.2, 0.25) is 0 Å². The summed E-state index contributed by atoms with van der Waals surface area (Å²) in [5.74, 6) is 0.859. The van der Waals surface area contributed by atoms with E-state index in [1.54, 1.807) is 23.4 Å². The quantitative estimate of drug-likeness (QED) is 0.784. The minimum atomic E-state index is 0.0255. The van der Waals surface area contributed by atoms with Crippen molar-refractivity contribution in [1.29, 1.82) is 0 Å². The molecule has 1 amide bonds. The van der Waals surface area contributed by atoms with E-state index in [9.17, 15) is 4.79 Å². The Morgan fingerprint density at radius 1 is 1.22 bits per heavy atom. The molecule has 0 saturated carbocycles. The molecule has 0 atom stereocenters. The van der Waals surface area contributed by atoms with E-state index in [2.05, 4.69) is 22.8 Å². The number of hydrogen-bond donors (Lipinski definition) is 1. The smallest absolute Gasteiger partial charge is 0.254 e. The highest BCUT2D eigenvalue weighted by Gasteiger charge is 2.22. The van der Waals surface area contributed by atoms with Crippen LogP contribution in [0.1, 0.15) is 16.2 Å². The zero-order valence-electron chi connectivity index (χ0n) is 9.65. The van der Waals surface area contributed by atoms with Gasteiger partial charge in [-0.1, -0.05) is 0 Å². The Kier molecular flexibility index (Phi) is 2.79. The van der Waals surface area contributed by atoms with E-state index in [0.29, 0.717) is 18.7 Å². The normalized spacial score (nSPS) is 14.4. The van der Waals surface area contributed by atoms with E-state index in [1.807, 2.05) is 16.7 Å². The Balaban J connectivity index is 1.80. The minimum absolute atomic E-state index is 0.0255. The SMILES string of the molecule is O=C(c1ccc(S)cc1)N1CCn2cnnc2C1. The average Bonchev–Trinajstić information content (AvgIpc) is 2.86. The fourth-order valence-corrected chi connectivity index (χ4v) is 2.18. The number of thiol groups is 1. The first kappa shape index (κ1) is 11.3. The second kappa shape index (κ2) is 4.45. The van der Waals surface area contributed by atoms with Crippen LogP contribution in [-0.4, -0.2) is 32.1 Å². The second-order valence-electron chi connectivity index (χ2n) is 4.21. The van der Waals surface area contributed by atoms with E-state index in [1.165, 1.54) is 0 Å². The van der Waals surface area contributed by atoms with E-state index in [0.717, 1.165) is 17.3 Å². The Morgan fingerprint density at radius 3 is 2.78 bits per heavy atom. The number of carbonyl (C=O) groups excluding carboxylic acids is 1. The molecule has 0 saturated heterocycles. The number of carbonyl (C=O) groups is 1. The third-order valence-corrected chi connectivity index (χ3v) is 3.34. The molecule has 18 heavy (non-hydrogen) atoms. The summed E-state index contributed by atoms with van der Waals surface area (Å²) in [6.45, 7) is 1.95. The number of benzene rings is 1. The highest BCUT2D eigenvalue weighted by atomic mass is 32.1. The number of amides is 1. The number of fused-ring (bicyclic) bond motifs is 1. The number of aromatic nitrogens is 3. The summed E-state index contributed by atoms with van der Waals surface area (Å²) in [4.78, 5) is 14.9. The van der Waals surface area contributed by atoms with Crippen molar-refractivity contribution >= 4 is 18.5 Å². The van der Waals surface area contributed by atoms with Crippen LogP contribution in [0.2, 0.25) is 0 Å². The first-order chi connectivity index (χ1) is 8.74. The maximum absolute atomic E-state index is 12.3. The van der Waals surface area contributed by atoms with Gasteiger partial charge in [0, 0.05) is 23.5 Å². The third kappa shape index (κ3) is 1.99. The molecule has 0 spiro atoms. The molecule has 5 nitrogen and oxygen atoms in total. The molecule has 0 N–H and O–H groups in total. The van der Waals surface area contributed by atoms with E-state index in [4.69, 9.17) is 0 Å². The van der Waals surface area contributed by atoms with Crippen molar-refractivity contribution in [2.24, 2.45) is 0 Å². The van der Waals surface area contributed by atoms with Gasteiger partial charge in [0.15, 0.2) is 5.82 Å². The summed E-state index contributed by atoms with van der Waals surface area (Å²) < 4.78 is 1.97. The fourth-order valence-electron chi connectivity index (χ4n) is 2.03. The highest BCUT2D eigenvalue weighted by Crippen LogP contribution is 2.14. The number of rotatable bonds is 1. The van der Waals surface area contributed by atoms with E-state index >= 15 is 0 Å². The summed E-state index contributed by atoms with van der Waals surface area (Å²) >= 11 is 4.21. The molecule has 1 aliphatic heterocycles. The maximum Gasteiger partial charge on any atom is 0.254 e. The molecule has 2 aromatic rings. The summed E-state index contributed by atoms with van der Waals surface area (Å²) in [5, 5.41) is 7.85. The molecule has 3 rings (SSSR count). The van der Waals surface area contributed by atoms with Gasteiger partial charge in [-0.05, 0) is 24.3 Å². The van der Waals surface area contributed by atoms with Gasteiger partial charge in [-0.2, -0.15) is 0 Å². The summed E-state index contributed by atoms with van der Waals surface area (Å²) in [6.07, 6.45) is 1.70. The highest BCUT2D eigenvalue weighted by molar-refractivity contribution is 7.80. The Morgan fingerprint density at radius 2 is 2.00 bits per heavy atom. The molecule has 0 radical (unpaired) electrons. The molecule has 6 heteroatoms. The van der Waals surface area contributed by atoms with Gasteiger partial charge >= 0.3 is 0 Å². The van der Waals surface area contributed by atoms with Crippen molar-refractivity contribution < 1.29 is 4.79 Å². The first-order valence-corrected chi connectivity index (χ1v) is 6.14. The van der Waals surface area contributed by atoms with Gasteiger partial charge in [-0.15, -0.1) is 22.8 Å². The summed E-state index contributed by atoms with van der Waals surface area (Å²) in [5.41, 5.74) is 0.681. The maximum atomic E-state index is 12.3. The first-order valence-electron chi connectivity index (χ1n) is 5.69. The van der Waals surface area contributed by atoms with Crippen molar-refractivity contribution in [1.82, 2.24) is 19.7 Å². The lowest BCUT2D eigenvalue weighted by molar-refractivity contribution is 0.0707. The lowest BCUT2D eigenvalue weighted by Crippen LogP contribution is -2.38. The minimum Gasteiger partial charge on any atom is -0.329 e. The molecular formula is C12H12N4OS. The van der Waals surface area contributed by atoms with Gasteiger partial charge in [0.05, 0.1) is 6.54 Å². The van der Waals surface area contributed by atoms with Gasteiger partial charge in [-0.3, -0.25) is 4.79 Å². The lowest BCUT2D eigenvalue weighted by atomic mass is 10.2. The molecule has 0 fully saturated rings. The van der Waals surface area contributed by atoms with Crippen LogP contribution >= 0.6 is 12.6 Å². The van der Waals surface area contributed by atoms with Crippen LogP contribution in [0.3, 0.4) is 0 Å². The monoisotopic (exact) mass is 260 g/mol. The topological polar surface area (TPSA) is 51.0 Å². The van der Waals surface area contributed by atoms with Crippen molar-refractivity contribution in [3.05, 3.63) is 42.0 Å². The van der Waals surface area contributed by atoms with Crippen LogP contribution in [0.5, 0.6) is 0 Å². The summed E-state index contributed by atoms with van der Waals surface area (Å²) in [6, 6.07) is 7.24. The number of nitrogens with zero attached hydrogens (tertiary/aromatic N) is 4. The lowest BCUT2D eigenvalue weighted by Gasteiger charge is -2.27. The van der Waals surface area contributed by atoms with Crippen LogP contribution in [0.25, 0.3) is 0 Å².